The fraction of sp³-hybridized carbons (Fsp3) is 0.100. The number of alkyl halides is 1. The van der Waals surface area contributed by atoms with Crippen molar-refractivity contribution in [2.45, 2.75) is 5.88 Å². The predicted molar refractivity (Wildman–Crippen MR) is 56.3 cm³/mol. The topological polar surface area (TPSA) is 12.9 Å². The van der Waals surface area contributed by atoms with Crippen LogP contribution in [-0.4, -0.2) is 4.98 Å². The van der Waals surface area contributed by atoms with E-state index in [1.807, 2.05) is 30.3 Å². The first-order chi connectivity index (χ1) is 6.31. The lowest BCUT2D eigenvalue weighted by molar-refractivity contribution is 1.22. The van der Waals surface area contributed by atoms with Crippen molar-refractivity contribution in [1.82, 2.24) is 4.98 Å². The molecule has 0 N–H and O–H groups in total. The molecular formula is C10H7Cl2N. The second-order valence-electron chi connectivity index (χ2n) is 2.74. The number of benzene rings is 1. The molecule has 13 heavy (non-hydrogen) atoms. The van der Waals surface area contributed by atoms with Crippen LogP contribution < -0.4 is 0 Å². The van der Waals surface area contributed by atoms with Gasteiger partial charge in [-0.3, -0.25) is 4.98 Å². The van der Waals surface area contributed by atoms with Crippen LogP contribution >= 0.6 is 23.2 Å². The molecule has 1 aromatic heterocycles. The molecule has 0 saturated heterocycles. The van der Waals surface area contributed by atoms with Gasteiger partial charge in [-0.1, -0.05) is 17.7 Å². The highest BCUT2D eigenvalue weighted by molar-refractivity contribution is 6.35. The van der Waals surface area contributed by atoms with E-state index in [-0.39, 0.29) is 0 Å². The van der Waals surface area contributed by atoms with Crippen LogP contribution in [0.25, 0.3) is 10.9 Å². The van der Waals surface area contributed by atoms with Crippen molar-refractivity contribution in [2.75, 3.05) is 0 Å². The van der Waals surface area contributed by atoms with Crippen molar-refractivity contribution in [3.8, 4) is 0 Å². The van der Waals surface area contributed by atoms with E-state index >= 15 is 0 Å². The molecule has 0 fully saturated rings. The summed E-state index contributed by atoms with van der Waals surface area (Å²) >= 11 is 11.7. The van der Waals surface area contributed by atoms with Crippen LogP contribution in [0.2, 0.25) is 5.02 Å². The van der Waals surface area contributed by atoms with Gasteiger partial charge in [0.1, 0.15) is 0 Å². The fourth-order valence-electron chi connectivity index (χ4n) is 1.23. The molecule has 2 aromatic rings. The lowest BCUT2D eigenvalue weighted by Crippen LogP contribution is -1.85. The first kappa shape index (κ1) is 8.79. The SMILES string of the molecule is ClCc1ccc2c(Cl)cccc2n1. The Balaban J connectivity index is 2.72. The van der Waals surface area contributed by atoms with E-state index in [0.717, 1.165) is 21.6 Å². The van der Waals surface area contributed by atoms with Crippen LogP contribution in [0, 0.1) is 0 Å². The summed E-state index contributed by atoms with van der Waals surface area (Å²) in [6.45, 7) is 0. The van der Waals surface area contributed by atoms with Gasteiger partial charge in [0.2, 0.25) is 0 Å². The Bertz CT molecular complexity index is 440. The Labute approximate surface area is 86.3 Å². The number of fused-ring (bicyclic) bond motifs is 1. The van der Waals surface area contributed by atoms with Gasteiger partial charge in [0.05, 0.1) is 17.1 Å². The Kier molecular flexibility index (Phi) is 2.38. The Hall–Kier alpha value is -0.790. The highest BCUT2D eigenvalue weighted by Gasteiger charge is 1.99. The molecule has 0 aliphatic carbocycles. The third-order valence-electron chi connectivity index (χ3n) is 1.87. The smallest absolute Gasteiger partial charge is 0.0720 e. The quantitative estimate of drug-likeness (QED) is 0.657. The minimum absolute atomic E-state index is 0.433. The van der Waals surface area contributed by atoms with Gasteiger partial charge < -0.3 is 0 Å². The number of nitrogens with zero attached hydrogens (tertiary/aromatic N) is 1. The molecule has 1 heterocycles. The molecule has 0 radical (unpaired) electrons. The van der Waals surface area contributed by atoms with Gasteiger partial charge in [0.25, 0.3) is 0 Å². The van der Waals surface area contributed by atoms with Gasteiger partial charge in [0, 0.05) is 10.4 Å². The predicted octanol–water partition coefficient (Wildman–Crippen LogP) is 3.63. The summed E-state index contributed by atoms with van der Waals surface area (Å²) in [6.07, 6.45) is 0. The number of halogens is 2. The number of rotatable bonds is 1. The van der Waals surface area contributed by atoms with Gasteiger partial charge in [-0.25, -0.2) is 0 Å². The highest BCUT2D eigenvalue weighted by Crippen LogP contribution is 2.22. The Morgan fingerprint density at radius 2 is 2.00 bits per heavy atom. The molecule has 3 heteroatoms. The second kappa shape index (κ2) is 3.52. The molecule has 0 aliphatic heterocycles. The molecule has 0 aliphatic rings. The Morgan fingerprint density at radius 3 is 2.77 bits per heavy atom. The van der Waals surface area contributed by atoms with E-state index < -0.39 is 0 Å². The van der Waals surface area contributed by atoms with E-state index in [4.69, 9.17) is 23.2 Å². The summed E-state index contributed by atoms with van der Waals surface area (Å²) in [5.74, 6) is 0.433. The van der Waals surface area contributed by atoms with Gasteiger partial charge >= 0.3 is 0 Å². The van der Waals surface area contributed by atoms with Crippen LogP contribution in [0.15, 0.2) is 30.3 Å². The molecule has 0 amide bonds. The van der Waals surface area contributed by atoms with Crippen molar-refractivity contribution in [3.05, 3.63) is 41.0 Å². The van der Waals surface area contributed by atoms with E-state index in [9.17, 15) is 0 Å². The average molecular weight is 212 g/mol. The molecule has 0 unspecified atom stereocenters. The van der Waals surface area contributed by atoms with Crippen molar-refractivity contribution in [2.24, 2.45) is 0 Å². The van der Waals surface area contributed by atoms with Gasteiger partial charge in [-0.2, -0.15) is 0 Å². The van der Waals surface area contributed by atoms with Crippen molar-refractivity contribution < 1.29 is 0 Å². The normalized spacial score (nSPS) is 10.6. The van der Waals surface area contributed by atoms with Gasteiger partial charge in [-0.05, 0) is 24.3 Å². The average Bonchev–Trinajstić information content (AvgIpc) is 2.18. The first-order valence-electron chi connectivity index (χ1n) is 3.91. The maximum Gasteiger partial charge on any atom is 0.0720 e. The summed E-state index contributed by atoms with van der Waals surface area (Å²) < 4.78 is 0. The third kappa shape index (κ3) is 1.62. The van der Waals surface area contributed by atoms with Crippen molar-refractivity contribution in [1.29, 1.82) is 0 Å². The minimum atomic E-state index is 0.433. The molecule has 1 nitrogen and oxygen atoms in total. The van der Waals surface area contributed by atoms with E-state index in [0.29, 0.717) is 5.88 Å². The Morgan fingerprint density at radius 1 is 1.15 bits per heavy atom. The first-order valence-corrected chi connectivity index (χ1v) is 4.82. The molecule has 0 bridgehead atoms. The molecular weight excluding hydrogens is 205 g/mol. The lowest BCUT2D eigenvalue weighted by Gasteiger charge is -2.00. The summed E-state index contributed by atoms with van der Waals surface area (Å²) in [5, 5.41) is 1.70. The van der Waals surface area contributed by atoms with Crippen LogP contribution in [0.4, 0.5) is 0 Å². The summed E-state index contributed by atoms with van der Waals surface area (Å²) in [6, 6.07) is 9.50. The summed E-state index contributed by atoms with van der Waals surface area (Å²) in [4.78, 5) is 4.34. The minimum Gasteiger partial charge on any atom is -0.252 e. The number of aromatic nitrogens is 1. The van der Waals surface area contributed by atoms with Gasteiger partial charge in [-0.15, -0.1) is 11.6 Å². The summed E-state index contributed by atoms with van der Waals surface area (Å²) in [7, 11) is 0. The van der Waals surface area contributed by atoms with Gasteiger partial charge in [0.15, 0.2) is 0 Å². The van der Waals surface area contributed by atoms with Crippen LogP contribution in [0.1, 0.15) is 5.69 Å². The second-order valence-corrected chi connectivity index (χ2v) is 3.42. The largest absolute Gasteiger partial charge is 0.252 e. The van der Waals surface area contributed by atoms with E-state index in [2.05, 4.69) is 4.98 Å². The molecule has 1 aromatic carbocycles. The van der Waals surface area contributed by atoms with Crippen molar-refractivity contribution in [3.63, 3.8) is 0 Å². The zero-order chi connectivity index (χ0) is 9.26. The molecule has 66 valence electrons. The molecule has 2 rings (SSSR count). The standard InChI is InChI=1S/C10H7Cl2N/c11-6-7-4-5-8-9(12)2-1-3-10(8)13-7/h1-5H,6H2. The number of hydrogen-bond donors (Lipinski definition) is 0. The van der Waals surface area contributed by atoms with Crippen LogP contribution in [0.3, 0.4) is 0 Å². The summed E-state index contributed by atoms with van der Waals surface area (Å²) in [5.41, 5.74) is 1.77. The van der Waals surface area contributed by atoms with E-state index in [1.54, 1.807) is 0 Å². The maximum atomic E-state index is 5.98. The molecule has 0 atom stereocenters. The molecule has 0 spiro atoms. The highest BCUT2D eigenvalue weighted by atomic mass is 35.5. The maximum absolute atomic E-state index is 5.98. The zero-order valence-corrected chi connectivity index (χ0v) is 8.31. The van der Waals surface area contributed by atoms with Crippen LogP contribution in [-0.2, 0) is 5.88 Å². The van der Waals surface area contributed by atoms with Crippen molar-refractivity contribution >= 4 is 34.1 Å². The number of hydrogen-bond acceptors (Lipinski definition) is 1. The van der Waals surface area contributed by atoms with E-state index in [1.165, 1.54) is 0 Å². The molecule has 0 saturated carbocycles. The lowest BCUT2D eigenvalue weighted by atomic mass is 10.2. The zero-order valence-electron chi connectivity index (χ0n) is 6.80. The monoisotopic (exact) mass is 211 g/mol. The number of pyridine rings is 1. The fourth-order valence-corrected chi connectivity index (χ4v) is 1.62. The third-order valence-corrected chi connectivity index (χ3v) is 2.48. The van der Waals surface area contributed by atoms with Crippen LogP contribution in [0.5, 0.6) is 0 Å².